The first kappa shape index (κ1) is 18.2. The Kier molecular flexibility index (Phi) is 5.45. The largest absolute Gasteiger partial charge is 0.465 e. The van der Waals surface area contributed by atoms with E-state index in [-0.39, 0.29) is 5.92 Å². The van der Waals surface area contributed by atoms with Crippen LogP contribution in [-0.4, -0.2) is 30.7 Å². The lowest BCUT2D eigenvalue weighted by atomic mass is 9.85. The molecule has 26 heavy (non-hydrogen) atoms. The Labute approximate surface area is 153 Å². The molecule has 2 aromatic rings. The van der Waals surface area contributed by atoms with Crippen molar-refractivity contribution in [2.45, 2.75) is 38.0 Å². The van der Waals surface area contributed by atoms with Gasteiger partial charge in [0.15, 0.2) is 0 Å². The molecule has 0 amide bonds. The smallest absolute Gasteiger partial charge is 0.340 e. The maximum atomic E-state index is 12.7. The van der Waals surface area contributed by atoms with E-state index in [0.717, 1.165) is 36.9 Å². The molecule has 1 aliphatic carbocycles. The molecule has 0 aliphatic heterocycles. The van der Waals surface area contributed by atoms with Gasteiger partial charge in [0.25, 0.3) is 0 Å². The van der Waals surface area contributed by atoms with Gasteiger partial charge in [0, 0.05) is 18.7 Å². The van der Waals surface area contributed by atoms with Gasteiger partial charge in [-0.05, 0) is 18.4 Å². The average Bonchev–Trinajstić information content (AvgIpc) is 3.01. The highest BCUT2D eigenvalue weighted by Gasteiger charge is 2.35. The normalized spacial score (nSPS) is 14.9. The van der Waals surface area contributed by atoms with Crippen molar-refractivity contribution in [2.24, 2.45) is 7.05 Å². The zero-order chi connectivity index (χ0) is 18.7. The van der Waals surface area contributed by atoms with E-state index in [1.807, 2.05) is 41.9 Å². The van der Waals surface area contributed by atoms with E-state index in [1.54, 1.807) is 0 Å². The van der Waals surface area contributed by atoms with E-state index in [4.69, 9.17) is 9.47 Å². The number of carbonyl (C=O) groups is 2. The highest BCUT2D eigenvalue weighted by Crippen LogP contribution is 2.41. The predicted molar refractivity (Wildman–Crippen MR) is 99.4 cm³/mol. The molecule has 138 valence electrons. The second-order valence-corrected chi connectivity index (χ2v) is 6.73. The molecule has 3 rings (SSSR count). The summed E-state index contributed by atoms with van der Waals surface area (Å²) in [6.07, 6.45) is 5.49. The number of methoxy groups -OCH3 is 2. The molecule has 5 heteroatoms. The molecule has 1 fully saturated rings. The van der Waals surface area contributed by atoms with Crippen molar-refractivity contribution in [3.63, 3.8) is 0 Å². The topological polar surface area (TPSA) is 57.5 Å². The molecule has 1 aromatic heterocycles. The number of rotatable bonds is 4. The molecule has 0 spiro atoms. The van der Waals surface area contributed by atoms with Crippen LogP contribution in [-0.2, 0) is 16.5 Å². The molecule has 0 N–H and O–H groups in total. The minimum Gasteiger partial charge on any atom is -0.465 e. The van der Waals surface area contributed by atoms with Crippen LogP contribution in [0.3, 0.4) is 0 Å². The maximum Gasteiger partial charge on any atom is 0.340 e. The monoisotopic (exact) mass is 355 g/mol. The molecule has 0 atom stereocenters. The zero-order valence-electron chi connectivity index (χ0n) is 15.6. The lowest BCUT2D eigenvalue weighted by Gasteiger charge is -2.24. The Hall–Kier alpha value is -2.56. The number of esters is 2. The minimum atomic E-state index is -0.512. The molecule has 0 radical (unpaired) electrons. The van der Waals surface area contributed by atoms with Gasteiger partial charge in [-0.2, -0.15) is 0 Å². The number of carbonyl (C=O) groups excluding carboxylic acids is 2. The van der Waals surface area contributed by atoms with Crippen molar-refractivity contribution < 1.29 is 19.1 Å². The number of hydrogen-bond donors (Lipinski definition) is 0. The van der Waals surface area contributed by atoms with E-state index in [0.29, 0.717) is 16.8 Å². The molecule has 0 saturated heterocycles. The summed E-state index contributed by atoms with van der Waals surface area (Å²) in [7, 11) is 4.61. The molecule has 0 unspecified atom stereocenters. The third-order valence-corrected chi connectivity index (χ3v) is 5.26. The number of nitrogens with zero attached hydrogens (tertiary/aromatic N) is 1. The SMILES string of the molecule is COC(=O)c1c(C(=O)OC)c(C2CCCCC2)n(C)c1-c1ccccc1. The molecular weight excluding hydrogens is 330 g/mol. The van der Waals surface area contributed by atoms with Gasteiger partial charge >= 0.3 is 11.9 Å². The van der Waals surface area contributed by atoms with Crippen LogP contribution >= 0.6 is 0 Å². The molecule has 5 nitrogen and oxygen atoms in total. The summed E-state index contributed by atoms with van der Waals surface area (Å²) in [6.45, 7) is 0. The van der Waals surface area contributed by atoms with Crippen LogP contribution in [0.5, 0.6) is 0 Å². The van der Waals surface area contributed by atoms with E-state index in [1.165, 1.54) is 20.6 Å². The first-order valence-electron chi connectivity index (χ1n) is 9.04. The summed E-state index contributed by atoms with van der Waals surface area (Å²) >= 11 is 0. The molecule has 1 saturated carbocycles. The van der Waals surface area contributed by atoms with Gasteiger partial charge in [-0.15, -0.1) is 0 Å². The van der Waals surface area contributed by atoms with Crippen LogP contribution in [0, 0.1) is 0 Å². The lowest BCUT2D eigenvalue weighted by molar-refractivity contribution is 0.0555. The molecule has 0 bridgehead atoms. The molecule has 1 aromatic carbocycles. The van der Waals surface area contributed by atoms with E-state index in [2.05, 4.69) is 0 Å². The van der Waals surface area contributed by atoms with Gasteiger partial charge in [-0.25, -0.2) is 9.59 Å². The molecular formula is C21H25NO4. The summed E-state index contributed by atoms with van der Waals surface area (Å²) in [6, 6.07) is 9.64. The number of ether oxygens (including phenoxy) is 2. The Bertz CT molecular complexity index is 801. The number of aromatic nitrogens is 1. The molecule has 1 aliphatic rings. The molecule has 1 heterocycles. The lowest BCUT2D eigenvalue weighted by Crippen LogP contribution is -2.16. The van der Waals surface area contributed by atoms with Gasteiger partial charge in [-0.3, -0.25) is 0 Å². The highest BCUT2D eigenvalue weighted by molar-refractivity contribution is 6.09. The summed E-state index contributed by atoms with van der Waals surface area (Å²) in [5.41, 5.74) is 3.12. The third kappa shape index (κ3) is 3.14. The quantitative estimate of drug-likeness (QED) is 0.767. The Balaban J connectivity index is 2.31. The van der Waals surface area contributed by atoms with Crippen molar-refractivity contribution in [2.75, 3.05) is 14.2 Å². The second kappa shape index (κ2) is 7.77. The van der Waals surface area contributed by atoms with Crippen molar-refractivity contribution in [1.82, 2.24) is 4.57 Å². The first-order valence-corrected chi connectivity index (χ1v) is 9.04. The fraction of sp³-hybridized carbons (Fsp3) is 0.429. The third-order valence-electron chi connectivity index (χ3n) is 5.26. The minimum absolute atomic E-state index is 0.240. The Morgan fingerprint density at radius 2 is 1.50 bits per heavy atom. The van der Waals surface area contributed by atoms with Crippen LogP contribution in [0.2, 0.25) is 0 Å². The van der Waals surface area contributed by atoms with Crippen LogP contribution in [0.15, 0.2) is 30.3 Å². The van der Waals surface area contributed by atoms with Gasteiger partial charge in [0.2, 0.25) is 0 Å². The van der Waals surface area contributed by atoms with Gasteiger partial charge in [0.1, 0.15) is 5.56 Å². The standard InChI is InChI=1S/C21H25NO4/c1-22-18(14-10-6-4-7-11-14)16(20(23)25-2)17(21(24)26-3)19(22)15-12-8-5-9-13-15/h4,6-7,10-11,15H,5,8-9,12-13H2,1-3H3. The van der Waals surface area contributed by atoms with Gasteiger partial charge in [0.05, 0.1) is 25.5 Å². The maximum absolute atomic E-state index is 12.7. The van der Waals surface area contributed by atoms with E-state index >= 15 is 0 Å². The summed E-state index contributed by atoms with van der Waals surface area (Å²) in [5, 5.41) is 0. The van der Waals surface area contributed by atoms with Crippen molar-refractivity contribution in [1.29, 1.82) is 0 Å². The Morgan fingerprint density at radius 3 is 2.08 bits per heavy atom. The first-order chi connectivity index (χ1) is 12.6. The van der Waals surface area contributed by atoms with Crippen molar-refractivity contribution in [3.05, 3.63) is 47.2 Å². The van der Waals surface area contributed by atoms with Crippen molar-refractivity contribution in [3.8, 4) is 11.3 Å². The van der Waals surface area contributed by atoms with E-state index in [9.17, 15) is 9.59 Å². The number of hydrogen-bond acceptors (Lipinski definition) is 4. The average molecular weight is 355 g/mol. The van der Waals surface area contributed by atoms with Crippen LogP contribution < -0.4 is 0 Å². The Morgan fingerprint density at radius 1 is 0.923 bits per heavy atom. The second-order valence-electron chi connectivity index (χ2n) is 6.73. The van der Waals surface area contributed by atoms with Gasteiger partial charge < -0.3 is 14.0 Å². The number of benzene rings is 1. The zero-order valence-corrected chi connectivity index (χ0v) is 15.6. The van der Waals surface area contributed by atoms with Crippen LogP contribution in [0.1, 0.15) is 64.4 Å². The highest BCUT2D eigenvalue weighted by atomic mass is 16.5. The predicted octanol–water partition coefficient (Wildman–Crippen LogP) is 4.31. The summed E-state index contributed by atoms with van der Waals surface area (Å²) in [4.78, 5) is 25.3. The van der Waals surface area contributed by atoms with E-state index < -0.39 is 11.9 Å². The van der Waals surface area contributed by atoms with Crippen LogP contribution in [0.25, 0.3) is 11.3 Å². The fourth-order valence-corrected chi connectivity index (χ4v) is 4.10. The summed E-state index contributed by atoms with van der Waals surface area (Å²) in [5.74, 6) is -0.755. The summed E-state index contributed by atoms with van der Waals surface area (Å²) < 4.78 is 12.1. The van der Waals surface area contributed by atoms with Gasteiger partial charge in [-0.1, -0.05) is 49.6 Å². The fourth-order valence-electron chi connectivity index (χ4n) is 4.10. The van der Waals surface area contributed by atoms with Crippen LogP contribution in [0.4, 0.5) is 0 Å². The van der Waals surface area contributed by atoms with Crippen molar-refractivity contribution >= 4 is 11.9 Å².